The number of hydrogen-bond acceptors (Lipinski definition) is 3. The van der Waals surface area contributed by atoms with E-state index in [1.807, 2.05) is 24.5 Å². The van der Waals surface area contributed by atoms with Crippen LogP contribution in [0.15, 0.2) is 28.9 Å². The Bertz CT molecular complexity index is 472. The van der Waals surface area contributed by atoms with Crippen molar-refractivity contribution in [3.05, 3.63) is 45.5 Å². The molecule has 0 saturated carbocycles. The number of furan rings is 1. The van der Waals surface area contributed by atoms with Crippen molar-refractivity contribution in [2.75, 3.05) is 6.54 Å². The first-order valence-electron chi connectivity index (χ1n) is 6.11. The lowest BCUT2D eigenvalue weighted by molar-refractivity contribution is 0.526. The van der Waals surface area contributed by atoms with Crippen LogP contribution < -0.4 is 5.32 Å². The van der Waals surface area contributed by atoms with Crippen LogP contribution in [-0.4, -0.2) is 6.54 Å². The van der Waals surface area contributed by atoms with Gasteiger partial charge in [-0.15, -0.1) is 11.3 Å². The fourth-order valence-corrected chi connectivity index (χ4v) is 3.00. The Balaban J connectivity index is 2.28. The van der Waals surface area contributed by atoms with Crippen LogP contribution in [0.25, 0.3) is 0 Å². The summed E-state index contributed by atoms with van der Waals surface area (Å²) in [4.78, 5) is 2.80. The maximum atomic E-state index is 5.41. The van der Waals surface area contributed by atoms with Crippen LogP contribution in [0.2, 0.25) is 0 Å². The fourth-order valence-electron chi connectivity index (χ4n) is 1.94. The molecule has 0 saturated heterocycles. The minimum Gasteiger partial charge on any atom is -0.469 e. The van der Waals surface area contributed by atoms with E-state index in [9.17, 15) is 0 Å². The topological polar surface area (TPSA) is 25.2 Å². The first-order chi connectivity index (χ1) is 8.24. The van der Waals surface area contributed by atoms with Gasteiger partial charge in [-0.3, -0.25) is 0 Å². The molecule has 0 radical (unpaired) electrons. The molecule has 1 unspecified atom stereocenters. The van der Waals surface area contributed by atoms with Gasteiger partial charge in [0.05, 0.1) is 12.3 Å². The summed E-state index contributed by atoms with van der Waals surface area (Å²) in [6.45, 7) is 7.26. The van der Waals surface area contributed by atoms with Crippen LogP contribution in [-0.2, 0) is 6.42 Å². The van der Waals surface area contributed by atoms with E-state index in [0.29, 0.717) is 0 Å². The summed E-state index contributed by atoms with van der Waals surface area (Å²) in [5.74, 6) is 0.968. The van der Waals surface area contributed by atoms with Crippen molar-refractivity contribution in [3.8, 4) is 0 Å². The van der Waals surface area contributed by atoms with Gasteiger partial charge in [-0.1, -0.05) is 13.8 Å². The van der Waals surface area contributed by atoms with Gasteiger partial charge in [0.2, 0.25) is 0 Å². The lowest BCUT2D eigenvalue weighted by atomic mass is 10.1. The molecule has 0 bridgehead atoms. The van der Waals surface area contributed by atoms with Crippen molar-refractivity contribution in [2.45, 2.75) is 33.2 Å². The highest BCUT2D eigenvalue weighted by Crippen LogP contribution is 2.29. The molecule has 1 N–H and O–H groups in total. The lowest BCUT2D eigenvalue weighted by Crippen LogP contribution is -2.20. The van der Waals surface area contributed by atoms with E-state index >= 15 is 0 Å². The van der Waals surface area contributed by atoms with Gasteiger partial charge in [-0.25, -0.2) is 0 Å². The summed E-state index contributed by atoms with van der Waals surface area (Å²) >= 11 is 1.88. The molecule has 0 aromatic carbocycles. The zero-order valence-electron chi connectivity index (χ0n) is 10.6. The van der Waals surface area contributed by atoms with Gasteiger partial charge in [0.1, 0.15) is 5.76 Å². The molecule has 17 heavy (non-hydrogen) atoms. The van der Waals surface area contributed by atoms with Gasteiger partial charge in [-0.05, 0) is 38.1 Å². The summed E-state index contributed by atoms with van der Waals surface area (Å²) < 4.78 is 5.41. The molecule has 2 nitrogen and oxygen atoms in total. The van der Waals surface area contributed by atoms with E-state index in [1.165, 1.54) is 15.3 Å². The van der Waals surface area contributed by atoms with E-state index in [0.717, 1.165) is 18.7 Å². The van der Waals surface area contributed by atoms with Crippen LogP contribution in [0.4, 0.5) is 0 Å². The molecule has 2 aromatic rings. The minimum absolute atomic E-state index is 0.266. The third kappa shape index (κ3) is 2.79. The molecule has 2 heterocycles. The van der Waals surface area contributed by atoms with E-state index in [4.69, 9.17) is 4.42 Å². The standard InChI is InChI=1S/C14H19NOS/c1-4-12-6-7-13(17-12)14(15-5-2)11-8-10(3)16-9-11/h6-9,14-15H,4-5H2,1-3H3. The average Bonchev–Trinajstić information content (AvgIpc) is 2.94. The second-order valence-electron chi connectivity index (χ2n) is 4.14. The van der Waals surface area contributed by atoms with Crippen molar-refractivity contribution in [2.24, 2.45) is 0 Å². The van der Waals surface area contributed by atoms with Gasteiger partial charge in [-0.2, -0.15) is 0 Å². The molecule has 0 aliphatic heterocycles. The highest BCUT2D eigenvalue weighted by atomic mass is 32.1. The highest BCUT2D eigenvalue weighted by molar-refractivity contribution is 7.12. The van der Waals surface area contributed by atoms with Crippen LogP contribution >= 0.6 is 11.3 Å². The predicted octanol–water partition coefficient (Wildman–Crippen LogP) is 3.91. The van der Waals surface area contributed by atoms with E-state index in [-0.39, 0.29) is 6.04 Å². The first-order valence-corrected chi connectivity index (χ1v) is 6.93. The Hall–Kier alpha value is -1.06. The van der Waals surface area contributed by atoms with E-state index in [1.54, 1.807) is 0 Å². The predicted molar refractivity (Wildman–Crippen MR) is 72.7 cm³/mol. The summed E-state index contributed by atoms with van der Waals surface area (Å²) in [6.07, 6.45) is 2.96. The normalized spacial score (nSPS) is 12.9. The highest BCUT2D eigenvalue weighted by Gasteiger charge is 2.16. The van der Waals surface area contributed by atoms with Crippen molar-refractivity contribution < 1.29 is 4.42 Å². The van der Waals surface area contributed by atoms with Crippen molar-refractivity contribution >= 4 is 11.3 Å². The Morgan fingerprint density at radius 2 is 2.18 bits per heavy atom. The van der Waals surface area contributed by atoms with Gasteiger partial charge in [0.25, 0.3) is 0 Å². The average molecular weight is 249 g/mol. The molecule has 2 rings (SSSR count). The third-order valence-corrected chi connectivity index (χ3v) is 4.10. The molecule has 92 valence electrons. The van der Waals surface area contributed by atoms with Gasteiger partial charge < -0.3 is 9.73 Å². The molecule has 0 aliphatic carbocycles. The fraction of sp³-hybridized carbons (Fsp3) is 0.429. The Kier molecular flexibility index (Phi) is 4.02. The number of aryl methyl sites for hydroxylation is 2. The molecule has 3 heteroatoms. The van der Waals surface area contributed by atoms with Crippen molar-refractivity contribution in [3.63, 3.8) is 0 Å². The molecule has 2 aromatic heterocycles. The van der Waals surface area contributed by atoms with Crippen LogP contribution in [0.3, 0.4) is 0 Å². The van der Waals surface area contributed by atoms with Crippen molar-refractivity contribution in [1.29, 1.82) is 0 Å². The zero-order chi connectivity index (χ0) is 12.3. The van der Waals surface area contributed by atoms with E-state index in [2.05, 4.69) is 37.4 Å². The van der Waals surface area contributed by atoms with Gasteiger partial charge in [0, 0.05) is 15.3 Å². The van der Waals surface area contributed by atoms with Crippen LogP contribution in [0.1, 0.15) is 41.0 Å². The first kappa shape index (κ1) is 12.4. The Morgan fingerprint density at radius 3 is 2.71 bits per heavy atom. The third-order valence-electron chi connectivity index (χ3n) is 2.81. The minimum atomic E-state index is 0.266. The number of hydrogen-bond donors (Lipinski definition) is 1. The van der Waals surface area contributed by atoms with Crippen LogP contribution in [0.5, 0.6) is 0 Å². The molecule has 0 fully saturated rings. The van der Waals surface area contributed by atoms with Crippen molar-refractivity contribution in [1.82, 2.24) is 5.32 Å². The Labute approximate surface area is 107 Å². The molecule has 1 atom stereocenters. The molecule has 0 aliphatic rings. The summed E-state index contributed by atoms with van der Waals surface area (Å²) in [5.41, 5.74) is 1.22. The summed E-state index contributed by atoms with van der Waals surface area (Å²) in [7, 11) is 0. The summed E-state index contributed by atoms with van der Waals surface area (Å²) in [5, 5.41) is 3.52. The summed E-state index contributed by atoms with van der Waals surface area (Å²) in [6, 6.07) is 6.82. The Morgan fingerprint density at radius 1 is 1.35 bits per heavy atom. The maximum Gasteiger partial charge on any atom is 0.101 e. The number of nitrogens with one attached hydrogen (secondary N) is 1. The molecule has 0 spiro atoms. The smallest absolute Gasteiger partial charge is 0.101 e. The molecular weight excluding hydrogens is 230 g/mol. The molecular formula is C14H19NOS. The van der Waals surface area contributed by atoms with Gasteiger partial charge >= 0.3 is 0 Å². The second kappa shape index (κ2) is 5.52. The number of rotatable bonds is 5. The van der Waals surface area contributed by atoms with E-state index < -0.39 is 0 Å². The monoisotopic (exact) mass is 249 g/mol. The quantitative estimate of drug-likeness (QED) is 0.869. The molecule has 0 amide bonds. The zero-order valence-corrected chi connectivity index (χ0v) is 11.4. The largest absolute Gasteiger partial charge is 0.469 e. The second-order valence-corrected chi connectivity index (χ2v) is 5.34. The lowest BCUT2D eigenvalue weighted by Gasteiger charge is -2.14. The number of thiophene rings is 1. The maximum absolute atomic E-state index is 5.41. The SMILES string of the molecule is CCNC(c1coc(C)c1)c1ccc(CC)s1. The van der Waals surface area contributed by atoms with Gasteiger partial charge in [0.15, 0.2) is 0 Å². The van der Waals surface area contributed by atoms with Crippen LogP contribution in [0, 0.1) is 6.92 Å².